The number of aryl methyl sites for hydroxylation is 1. The van der Waals surface area contributed by atoms with Crippen LogP contribution in [0, 0.1) is 17.7 Å². The van der Waals surface area contributed by atoms with Crippen LogP contribution in [-0.4, -0.2) is 23.2 Å². The van der Waals surface area contributed by atoms with Crippen LogP contribution in [0.3, 0.4) is 0 Å². The first-order valence-electron chi connectivity index (χ1n) is 8.86. The standard InChI is InChI=1S/C19H27NO4/c1-3-17(19(21)22)24-18-10-9-14(11-13(18)2)12-16(20-23)15-7-5-4-6-8-15/h9-11,15-17H,3-8,12H2,1-2H3,(H,21,22). The minimum absolute atomic E-state index is 0.168. The highest BCUT2D eigenvalue weighted by atomic mass is 16.5. The van der Waals surface area contributed by atoms with Crippen LogP contribution in [0.2, 0.25) is 0 Å². The molecule has 1 fully saturated rings. The lowest BCUT2D eigenvalue weighted by atomic mass is 9.82. The van der Waals surface area contributed by atoms with Crippen LogP contribution in [-0.2, 0) is 11.2 Å². The smallest absolute Gasteiger partial charge is 0.344 e. The van der Waals surface area contributed by atoms with Crippen molar-refractivity contribution in [1.29, 1.82) is 0 Å². The van der Waals surface area contributed by atoms with Crippen LogP contribution in [0.5, 0.6) is 5.75 Å². The molecule has 1 aliphatic carbocycles. The van der Waals surface area contributed by atoms with Crippen LogP contribution >= 0.6 is 0 Å². The fraction of sp³-hybridized carbons (Fsp3) is 0.632. The lowest BCUT2D eigenvalue weighted by Crippen LogP contribution is -2.26. The van der Waals surface area contributed by atoms with Gasteiger partial charge in [-0.25, -0.2) is 4.79 Å². The van der Waals surface area contributed by atoms with E-state index < -0.39 is 12.1 Å². The molecule has 2 unspecified atom stereocenters. The molecule has 0 radical (unpaired) electrons. The van der Waals surface area contributed by atoms with Gasteiger partial charge in [0.2, 0.25) is 0 Å². The number of nitrogens with zero attached hydrogens (tertiary/aromatic N) is 1. The Morgan fingerprint density at radius 1 is 1.33 bits per heavy atom. The van der Waals surface area contributed by atoms with Gasteiger partial charge in [-0.1, -0.05) is 43.5 Å². The molecule has 1 aliphatic rings. The molecule has 0 aliphatic heterocycles. The fourth-order valence-corrected chi connectivity index (χ4v) is 3.48. The summed E-state index contributed by atoms with van der Waals surface area (Å²) in [6.45, 7) is 3.68. The summed E-state index contributed by atoms with van der Waals surface area (Å²) in [6.07, 6.45) is 6.05. The van der Waals surface area contributed by atoms with E-state index in [1.165, 1.54) is 19.3 Å². The Kier molecular flexibility index (Phi) is 6.76. The van der Waals surface area contributed by atoms with Crippen molar-refractivity contribution in [3.8, 4) is 5.75 Å². The number of hydrogen-bond donors (Lipinski definition) is 1. The van der Waals surface area contributed by atoms with Crippen LogP contribution < -0.4 is 4.74 Å². The molecule has 2 atom stereocenters. The van der Waals surface area contributed by atoms with Crippen molar-refractivity contribution in [2.45, 2.75) is 70.9 Å². The van der Waals surface area contributed by atoms with Gasteiger partial charge in [-0.2, -0.15) is 4.91 Å². The van der Waals surface area contributed by atoms with E-state index >= 15 is 0 Å². The van der Waals surface area contributed by atoms with Crippen LogP contribution in [0.4, 0.5) is 0 Å². The highest BCUT2D eigenvalue weighted by Crippen LogP contribution is 2.30. The molecule has 0 bridgehead atoms. The van der Waals surface area contributed by atoms with Gasteiger partial charge in [0.25, 0.3) is 0 Å². The molecule has 1 N–H and O–H groups in total. The summed E-state index contributed by atoms with van der Waals surface area (Å²) in [7, 11) is 0. The third kappa shape index (κ3) is 4.79. The highest BCUT2D eigenvalue weighted by molar-refractivity contribution is 5.72. The van der Waals surface area contributed by atoms with Crippen molar-refractivity contribution in [1.82, 2.24) is 0 Å². The Labute approximate surface area is 143 Å². The van der Waals surface area contributed by atoms with Gasteiger partial charge < -0.3 is 9.84 Å². The molecular formula is C19H27NO4. The van der Waals surface area contributed by atoms with Gasteiger partial charge in [-0.05, 0) is 55.7 Å². The van der Waals surface area contributed by atoms with Crippen molar-refractivity contribution in [3.63, 3.8) is 0 Å². The maximum atomic E-state index is 11.3. The van der Waals surface area contributed by atoms with Gasteiger partial charge in [0.05, 0.1) is 6.04 Å². The molecule has 5 nitrogen and oxygen atoms in total. The number of benzene rings is 1. The number of carbonyl (C=O) groups is 1. The lowest BCUT2D eigenvalue weighted by molar-refractivity contribution is -0.145. The van der Waals surface area contributed by atoms with Gasteiger partial charge in [-0.15, -0.1) is 0 Å². The molecular weight excluding hydrogens is 306 g/mol. The number of ether oxygens (including phenoxy) is 1. The van der Waals surface area contributed by atoms with E-state index in [4.69, 9.17) is 9.84 Å². The lowest BCUT2D eigenvalue weighted by Gasteiger charge is -2.25. The van der Waals surface area contributed by atoms with E-state index in [1.54, 1.807) is 13.0 Å². The molecule has 1 saturated carbocycles. The molecule has 0 amide bonds. The van der Waals surface area contributed by atoms with Crippen molar-refractivity contribution >= 4 is 5.97 Å². The summed E-state index contributed by atoms with van der Waals surface area (Å²) >= 11 is 0. The summed E-state index contributed by atoms with van der Waals surface area (Å²) in [5.41, 5.74) is 1.94. The van der Waals surface area contributed by atoms with Gasteiger partial charge in [0, 0.05) is 0 Å². The van der Waals surface area contributed by atoms with E-state index in [-0.39, 0.29) is 6.04 Å². The van der Waals surface area contributed by atoms with Crippen molar-refractivity contribution in [3.05, 3.63) is 34.2 Å². The molecule has 132 valence electrons. The molecule has 2 rings (SSSR count). The Bertz CT molecular complexity index is 566. The Morgan fingerprint density at radius 3 is 2.58 bits per heavy atom. The SMILES string of the molecule is CCC(Oc1ccc(CC(N=O)C2CCCCC2)cc1C)C(=O)O. The third-order valence-corrected chi connectivity index (χ3v) is 4.93. The van der Waals surface area contributed by atoms with E-state index in [0.717, 1.165) is 24.0 Å². The fourth-order valence-electron chi connectivity index (χ4n) is 3.48. The average Bonchev–Trinajstić information content (AvgIpc) is 2.59. The van der Waals surface area contributed by atoms with Crippen molar-refractivity contribution in [2.75, 3.05) is 0 Å². The second-order valence-electron chi connectivity index (χ2n) is 6.73. The molecule has 0 saturated heterocycles. The predicted molar refractivity (Wildman–Crippen MR) is 93.4 cm³/mol. The highest BCUT2D eigenvalue weighted by Gasteiger charge is 2.25. The first-order valence-corrected chi connectivity index (χ1v) is 8.86. The van der Waals surface area contributed by atoms with Crippen LogP contribution in [0.15, 0.2) is 23.4 Å². The van der Waals surface area contributed by atoms with Crippen molar-refractivity contribution < 1.29 is 14.6 Å². The Balaban J connectivity index is 2.05. The van der Waals surface area contributed by atoms with Gasteiger partial charge in [0.1, 0.15) is 5.75 Å². The van der Waals surface area contributed by atoms with Crippen LogP contribution in [0.25, 0.3) is 0 Å². The molecule has 0 aromatic heterocycles. The zero-order valence-electron chi connectivity index (χ0n) is 14.5. The second kappa shape index (κ2) is 8.81. The summed E-state index contributed by atoms with van der Waals surface area (Å²) in [4.78, 5) is 22.4. The normalized spacial score (nSPS) is 17.9. The van der Waals surface area contributed by atoms with Gasteiger partial charge >= 0.3 is 5.97 Å². The van der Waals surface area contributed by atoms with Crippen LogP contribution in [0.1, 0.15) is 56.6 Å². The molecule has 1 aromatic carbocycles. The molecule has 5 heteroatoms. The molecule has 1 aromatic rings. The zero-order valence-corrected chi connectivity index (χ0v) is 14.5. The number of carboxylic acid groups (broad SMARTS) is 1. The van der Waals surface area contributed by atoms with E-state index in [9.17, 15) is 9.70 Å². The Morgan fingerprint density at radius 2 is 2.04 bits per heavy atom. The number of carboxylic acids is 1. The minimum atomic E-state index is -0.955. The molecule has 24 heavy (non-hydrogen) atoms. The largest absolute Gasteiger partial charge is 0.479 e. The topological polar surface area (TPSA) is 76.0 Å². The Hall–Kier alpha value is -1.91. The minimum Gasteiger partial charge on any atom is -0.479 e. The van der Waals surface area contributed by atoms with Gasteiger partial charge in [0.15, 0.2) is 6.10 Å². The first kappa shape index (κ1) is 18.4. The second-order valence-corrected chi connectivity index (χ2v) is 6.73. The molecule has 0 spiro atoms. The van der Waals surface area contributed by atoms with E-state index in [0.29, 0.717) is 24.5 Å². The summed E-state index contributed by atoms with van der Waals surface area (Å²) in [5, 5.41) is 12.5. The summed E-state index contributed by atoms with van der Waals surface area (Å²) in [6, 6.07) is 5.53. The van der Waals surface area contributed by atoms with E-state index in [2.05, 4.69) is 5.18 Å². The summed E-state index contributed by atoms with van der Waals surface area (Å²) in [5.74, 6) is 0.0220. The molecule has 0 heterocycles. The predicted octanol–water partition coefficient (Wildman–Crippen LogP) is 4.49. The average molecular weight is 333 g/mol. The summed E-state index contributed by atoms with van der Waals surface area (Å²) < 4.78 is 5.57. The first-order chi connectivity index (χ1) is 11.5. The monoisotopic (exact) mass is 333 g/mol. The number of aliphatic carboxylic acids is 1. The van der Waals surface area contributed by atoms with E-state index in [1.807, 2.05) is 19.1 Å². The third-order valence-electron chi connectivity index (χ3n) is 4.93. The number of nitroso groups, excluding NO2 is 1. The van der Waals surface area contributed by atoms with Crippen molar-refractivity contribution in [2.24, 2.45) is 11.1 Å². The quantitative estimate of drug-likeness (QED) is 0.711. The zero-order chi connectivity index (χ0) is 17.5. The maximum absolute atomic E-state index is 11.3. The maximum Gasteiger partial charge on any atom is 0.344 e. The van der Waals surface area contributed by atoms with Gasteiger partial charge in [-0.3, -0.25) is 0 Å². The number of rotatable bonds is 8. The number of hydrogen-bond acceptors (Lipinski definition) is 4.